The van der Waals surface area contributed by atoms with E-state index < -0.39 is 12.2 Å². The van der Waals surface area contributed by atoms with Crippen LogP contribution in [0.2, 0.25) is 0 Å². The smallest absolute Gasteiger partial charge is 0.174 e. The Labute approximate surface area is 165 Å². The molecule has 0 heterocycles. The maximum atomic E-state index is 11.0. The summed E-state index contributed by atoms with van der Waals surface area (Å²) in [4.78, 5) is 43.3. The minimum absolute atomic E-state index is 0.00810. The van der Waals surface area contributed by atoms with Crippen molar-refractivity contribution in [3.05, 3.63) is 0 Å². The Bertz CT molecular complexity index is 433. The highest BCUT2D eigenvalue weighted by atomic mass is 16.7. The predicted molar refractivity (Wildman–Crippen MR) is 100 cm³/mol. The molecule has 0 aromatic carbocycles. The lowest BCUT2D eigenvalue weighted by atomic mass is 10.2. The summed E-state index contributed by atoms with van der Waals surface area (Å²) in [6, 6.07) is 0. The van der Waals surface area contributed by atoms with E-state index in [2.05, 4.69) is 0 Å². The maximum Gasteiger partial charge on any atom is 0.174 e. The van der Waals surface area contributed by atoms with Gasteiger partial charge < -0.3 is 36.1 Å². The molecule has 0 saturated carbocycles. The molecule has 6 N–H and O–H groups in total. The van der Waals surface area contributed by atoms with Crippen molar-refractivity contribution in [3.8, 4) is 0 Å². The standard InChI is InChI=1S/C9H18N2O4.C8H15NO4/c1-6(8(12)3-10)14-5-15-7(2)9(13)4-11;1-2-7(10)4-12-6-13-5-8(11)3-9/h6-7H,3-5,10-11H2,1-2H3;2-6,9H2,1H3. The third-order valence-electron chi connectivity index (χ3n) is 3.26. The highest BCUT2D eigenvalue weighted by molar-refractivity contribution is 5.84. The molecular weight excluding hydrogens is 374 g/mol. The molecule has 0 aromatic rings. The Morgan fingerprint density at radius 3 is 1.50 bits per heavy atom. The molecule has 0 aliphatic carbocycles. The van der Waals surface area contributed by atoms with Gasteiger partial charge in [-0.3, -0.25) is 19.2 Å². The van der Waals surface area contributed by atoms with Crippen molar-refractivity contribution in [2.45, 2.75) is 39.4 Å². The Morgan fingerprint density at radius 1 is 0.714 bits per heavy atom. The van der Waals surface area contributed by atoms with E-state index in [1.807, 2.05) is 0 Å². The highest BCUT2D eigenvalue weighted by Gasteiger charge is 2.14. The van der Waals surface area contributed by atoms with Crippen molar-refractivity contribution in [1.29, 1.82) is 0 Å². The fourth-order valence-corrected chi connectivity index (χ4v) is 1.29. The van der Waals surface area contributed by atoms with E-state index in [1.54, 1.807) is 20.8 Å². The van der Waals surface area contributed by atoms with Gasteiger partial charge in [0.05, 0.1) is 19.6 Å². The lowest BCUT2D eigenvalue weighted by Crippen LogP contribution is -2.32. The van der Waals surface area contributed by atoms with Crippen LogP contribution in [-0.2, 0) is 38.1 Å². The average molecular weight is 407 g/mol. The van der Waals surface area contributed by atoms with Gasteiger partial charge in [0.15, 0.2) is 23.1 Å². The zero-order valence-corrected chi connectivity index (χ0v) is 16.8. The van der Waals surface area contributed by atoms with Gasteiger partial charge in [-0.1, -0.05) is 6.92 Å². The largest absolute Gasteiger partial charge is 0.348 e. The van der Waals surface area contributed by atoms with Crippen LogP contribution in [0.4, 0.5) is 0 Å². The molecule has 0 rings (SSSR count). The fourth-order valence-electron chi connectivity index (χ4n) is 1.29. The molecule has 0 spiro atoms. The van der Waals surface area contributed by atoms with Gasteiger partial charge in [-0.15, -0.1) is 0 Å². The molecule has 0 aromatic heterocycles. The zero-order chi connectivity index (χ0) is 21.9. The monoisotopic (exact) mass is 407 g/mol. The molecule has 2 atom stereocenters. The second kappa shape index (κ2) is 18.7. The molecule has 11 nitrogen and oxygen atoms in total. The second-order valence-electron chi connectivity index (χ2n) is 5.53. The number of hydrogen-bond acceptors (Lipinski definition) is 11. The van der Waals surface area contributed by atoms with Gasteiger partial charge in [-0.2, -0.15) is 0 Å². The Hall–Kier alpha value is -1.60. The topological polar surface area (TPSA) is 183 Å². The fraction of sp³-hybridized carbons (Fsp3) is 0.765. The van der Waals surface area contributed by atoms with Gasteiger partial charge in [0.2, 0.25) is 0 Å². The van der Waals surface area contributed by atoms with E-state index in [0.717, 1.165) is 0 Å². The Morgan fingerprint density at radius 2 is 1.14 bits per heavy atom. The van der Waals surface area contributed by atoms with E-state index in [0.29, 0.717) is 6.42 Å². The average Bonchev–Trinajstić information content (AvgIpc) is 2.71. The summed E-state index contributed by atoms with van der Waals surface area (Å²) in [6.07, 6.45) is -0.785. The molecule has 0 amide bonds. The van der Waals surface area contributed by atoms with Crippen LogP contribution in [0.1, 0.15) is 27.2 Å². The number of carbonyl (C=O) groups is 4. The van der Waals surface area contributed by atoms with Crippen molar-refractivity contribution < 1.29 is 38.1 Å². The maximum absolute atomic E-state index is 11.0. The van der Waals surface area contributed by atoms with E-state index in [9.17, 15) is 19.2 Å². The summed E-state index contributed by atoms with van der Waals surface area (Å²) >= 11 is 0. The molecule has 0 aliphatic rings. The number of Topliss-reactive ketones (excluding diaryl/α,β-unsaturated/α-hetero) is 4. The van der Waals surface area contributed by atoms with Crippen LogP contribution in [0.25, 0.3) is 0 Å². The van der Waals surface area contributed by atoms with Crippen molar-refractivity contribution in [2.75, 3.05) is 46.4 Å². The van der Waals surface area contributed by atoms with Crippen LogP contribution in [0.15, 0.2) is 0 Å². The molecule has 28 heavy (non-hydrogen) atoms. The summed E-state index contributed by atoms with van der Waals surface area (Å²) in [6.45, 7) is 4.54. The first-order valence-electron chi connectivity index (χ1n) is 8.81. The lowest BCUT2D eigenvalue weighted by Gasteiger charge is -2.14. The number of rotatable bonds is 16. The number of nitrogens with two attached hydrogens (primary N) is 3. The zero-order valence-electron chi connectivity index (χ0n) is 16.8. The lowest BCUT2D eigenvalue weighted by molar-refractivity contribution is -0.151. The van der Waals surface area contributed by atoms with Gasteiger partial charge in [-0.25, -0.2) is 0 Å². The van der Waals surface area contributed by atoms with Gasteiger partial charge in [-0.05, 0) is 13.8 Å². The SMILES string of the molecule is CC(OCOC(C)C(=O)CN)C(=O)CN.CCC(=O)COCOCC(=O)CN. The molecule has 11 heteroatoms. The minimum Gasteiger partial charge on any atom is -0.348 e. The van der Waals surface area contributed by atoms with Crippen LogP contribution in [0.5, 0.6) is 0 Å². The van der Waals surface area contributed by atoms with Gasteiger partial charge in [0, 0.05) is 6.42 Å². The number of ketones is 4. The van der Waals surface area contributed by atoms with Crippen LogP contribution < -0.4 is 17.2 Å². The van der Waals surface area contributed by atoms with E-state index in [4.69, 9.17) is 36.1 Å². The molecule has 0 aliphatic heterocycles. The van der Waals surface area contributed by atoms with Gasteiger partial charge >= 0.3 is 0 Å². The summed E-state index contributed by atoms with van der Waals surface area (Å²) in [5, 5.41) is 0. The number of hydrogen-bond donors (Lipinski definition) is 3. The van der Waals surface area contributed by atoms with Crippen molar-refractivity contribution >= 4 is 23.1 Å². The first-order chi connectivity index (χ1) is 13.2. The number of ether oxygens (including phenoxy) is 4. The van der Waals surface area contributed by atoms with Gasteiger partial charge in [0.1, 0.15) is 39.0 Å². The van der Waals surface area contributed by atoms with E-state index in [-0.39, 0.29) is 69.6 Å². The first-order valence-corrected chi connectivity index (χ1v) is 8.81. The summed E-state index contributed by atoms with van der Waals surface area (Å²) in [7, 11) is 0. The van der Waals surface area contributed by atoms with Crippen molar-refractivity contribution in [1.82, 2.24) is 0 Å². The summed E-state index contributed by atoms with van der Waals surface area (Å²) in [5.41, 5.74) is 15.3. The molecule has 0 saturated heterocycles. The van der Waals surface area contributed by atoms with Crippen LogP contribution in [0.3, 0.4) is 0 Å². The van der Waals surface area contributed by atoms with E-state index >= 15 is 0 Å². The predicted octanol–water partition coefficient (Wildman–Crippen LogP) is -1.71. The number of carbonyl (C=O) groups excluding carboxylic acids is 4. The summed E-state index contributed by atoms with van der Waals surface area (Å²) in [5.74, 6) is -0.605. The Balaban J connectivity index is 0. The molecule has 0 bridgehead atoms. The third-order valence-corrected chi connectivity index (χ3v) is 3.26. The van der Waals surface area contributed by atoms with Crippen LogP contribution in [0, 0.1) is 0 Å². The highest BCUT2D eigenvalue weighted by Crippen LogP contribution is 1.96. The minimum atomic E-state index is -0.616. The molecule has 0 radical (unpaired) electrons. The van der Waals surface area contributed by atoms with Crippen LogP contribution >= 0.6 is 0 Å². The Kier molecular flexibility index (Phi) is 19.2. The molecule has 0 fully saturated rings. The first kappa shape index (κ1) is 28.6. The van der Waals surface area contributed by atoms with Crippen molar-refractivity contribution in [2.24, 2.45) is 17.2 Å². The second-order valence-corrected chi connectivity index (χ2v) is 5.53. The normalized spacial score (nSPS) is 12.5. The van der Waals surface area contributed by atoms with E-state index in [1.165, 1.54) is 0 Å². The third kappa shape index (κ3) is 16.6. The molecule has 164 valence electrons. The van der Waals surface area contributed by atoms with Crippen molar-refractivity contribution in [3.63, 3.8) is 0 Å². The van der Waals surface area contributed by atoms with Gasteiger partial charge in [0.25, 0.3) is 0 Å². The van der Waals surface area contributed by atoms with Crippen LogP contribution in [-0.4, -0.2) is 81.8 Å². The quantitative estimate of drug-likeness (QED) is 0.196. The summed E-state index contributed by atoms with van der Waals surface area (Å²) < 4.78 is 19.6. The molecule has 2 unspecified atom stereocenters. The molecular formula is C17H33N3O8.